The molecule has 1 aromatic rings. The molecule has 1 N–H and O–H groups in total. The van der Waals surface area contributed by atoms with Gasteiger partial charge < -0.3 is 9.15 Å². The van der Waals surface area contributed by atoms with E-state index in [0.717, 1.165) is 17.9 Å². The van der Waals surface area contributed by atoms with E-state index in [2.05, 4.69) is 5.43 Å². The number of amides is 3. The number of fused-ring (bicyclic) bond motifs is 5. The number of nitrogens with zero attached hydrogens (tertiary/aromatic N) is 1. The summed E-state index contributed by atoms with van der Waals surface area (Å²) < 4.78 is 10.5. The van der Waals surface area contributed by atoms with Crippen molar-refractivity contribution in [3.63, 3.8) is 0 Å². The fourth-order valence-electron chi connectivity index (χ4n) is 3.39. The van der Waals surface area contributed by atoms with Crippen molar-refractivity contribution in [3.8, 4) is 0 Å². The Bertz CT molecular complexity index is 568. The molecule has 0 aromatic carbocycles. The van der Waals surface area contributed by atoms with Gasteiger partial charge in [-0.05, 0) is 25.0 Å². The maximum atomic E-state index is 12.3. The van der Waals surface area contributed by atoms with Gasteiger partial charge in [-0.1, -0.05) is 0 Å². The molecule has 1 aromatic heterocycles. The van der Waals surface area contributed by atoms with E-state index < -0.39 is 17.7 Å². The van der Waals surface area contributed by atoms with Crippen LogP contribution in [0.1, 0.15) is 23.4 Å². The van der Waals surface area contributed by atoms with E-state index in [-0.39, 0.29) is 29.8 Å². The zero-order chi connectivity index (χ0) is 13.9. The van der Waals surface area contributed by atoms with Gasteiger partial charge >= 0.3 is 5.91 Å². The molecule has 3 saturated heterocycles. The Kier molecular flexibility index (Phi) is 2.29. The highest BCUT2D eigenvalue weighted by Crippen LogP contribution is 2.47. The summed E-state index contributed by atoms with van der Waals surface area (Å²) in [7, 11) is 0. The Hall–Kier alpha value is -2.15. The SMILES string of the molecule is O=C(NN1C(=O)[C@@H]2[C@@H](C1=O)[C@H]1CC[C@@H]2O1)c1ccco1. The number of hydrazine groups is 1. The van der Waals surface area contributed by atoms with Gasteiger partial charge in [-0.15, -0.1) is 0 Å². The summed E-state index contributed by atoms with van der Waals surface area (Å²) in [5, 5.41) is 0.827. The molecule has 0 spiro atoms. The fraction of sp³-hybridized carbons (Fsp3) is 0.462. The molecule has 3 aliphatic rings. The lowest BCUT2D eigenvalue weighted by Gasteiger charge is -2.17. The number of furan rings is 1. The van der Waals surface area contributed by atoms with E-state index in [0.29, 0.717) is 0 Å². The van der Waals surface area contributed by atoms with Crippen molar-refractivity contribution in [3.05, 3.63) is 24.2 Å². The highest BCUT2D eigenvalue weighted by molar-refractivity contribution is 6.08. The minimum absolute atomic E-state index is 0.0573. The van der Waals surface area contributed by atoms with Gasteiger partial charge in [-0.25, -0.2) is 0 Å². The number of hydrogen-bond acceptors (Lipinski definition) is 5. The number of imide groups is 1. The molecule has 4 heterocycles. The standard InChI is InChI=1S/C13H12N2O5/c16-11(8-2-1-5-19-8)14-15-12(17)9-6-3-4-7(20-6)10(9)13(15)18/h1-2,5-7,9-10H,3-4H2,(H,14,16)/t6-,7+,9-,10-/m0/s1. The lowest BCUT2D eigenvalue weighted by Crippen LogP contribution is -2.47. The maximum absolute atomic E-state index is 12.3. The van der Waals surface area contributed by atoms with Crippen LogP contribution < -0.4 is 5.43 Å². The van der Waals surface area contributed by atoms with Crippen LogP contribution >= 0.6 is 0 Å². The summed E-state index contributed by atoms with van der Waals surface area (Å²) in [5.74, 6) is -2.21. The Morgan fingerprint density at radius 2 is 1.85 bits per heavy atom. The predicted molar refractivity (Wildman–Crippen MR) is 62.9 cm³/mol. The third-order valence-corrected chi connectivity index (χ3v) is 4.24. The molecule has 7 heteroatoms. The van der Waals surface area contributed by atoms with Gasteiger partial charge in [0.25, 0.3) is 11.8 Å². The van der Waals surface area contributed by atoms with Gasteiger partial charge in [0, 0.05) is 0 Å². The van der Waals surface area contributed by atoms with E-state index in [1.807, 2.05) is 0 Å². The van der Waals surface area contributed by atoms with Gasteiger partial charge in [0.1, 0.15) is 0 Å². The molecule has 0 radical (unpaired) electrons. The van der Waals surface area contributed by atoms with Crippen LogP contribution in [0.4, 0.5) is 0 Å². The van der Waals surface area contributed by atoms with Crippen LogP contribution in [0.5, 0.6) is 0 Å². The average Bonchev–Trinajstić information content (AvgIpc) is 3.18. The largest absolute Gasteiger partial charge is 0.459 e. The maximum Gasteiger partial charge on any atom is 0.305 e. The van der Waals surface area contributed by atoms with Gasteiger partial charge in [-0.2, -0.15) is 5.01 Å². The number of rotatable bonds is 2. The monoisotopic (exact) mass is 276 g/mol. The predicted octanol–water partition coefficient (Wildman–Crippen LogP) is 0.0868. The third kappa shape index (κ3) is 1.41. The van der Waals surface area contributed by atoms with Gasteiger partial charge in [-0.3, -0.25) is 19.8 Å². The Labute approximate surface area is 113 Å². The summed E-state index contributed by atoms with van der Waals surface area (Å²) >= 11 is 0. The van der Waals surface area contributed by atoms with Gasteiger partial charge in [0.15, 0.2) is 5.76 Å². The normalized spacial score (nSPS) is 34.7. The molecule has 4 rings (SSSR count). The van der Waals surface area contributed by atoms with Gasteiger partial charge in [0.2, 0.25) is 0 Å². The molecule has 0 unspecified atom stereocenters. The number of ether oxygens (including phenoxy) is 1. The summed E-state index contributed by atoms with van der Waals surface area (Å²) in [4.78, 5) is 36.4. The first-order valence-corrected chi connectivity index (χ1v) is 6.54. The van der Waals surface area contributed by atoms with Gasteiger partial charge in [0.05, 0.1) is 30.3 Å². The second-order valence-electron chi connectivity index (χ2n) is 5.27. The molecule has 0 saturated carbocycles. The number of carbonyl (C=O) groups excluding carboxylic acids is 3. The molecule has 3 amide bonds. The van der Waals surface area contributed by atoms with Crippen molar-refractivity contribution in [2.24, 2.45) is 11.8 Å². The minimum Gasteiger partial charge on any atom is -0.459 e. The molecule has 2 bridgehead atoms. The minimum atomic E-state index is -0.607. The number of nitrogens with one attached hydrogen (secondary N) is 1. The van der Waals surface area contributed by atoms with Crippen molar-refractivity contribution in [1.29, 1.82) is 0 Å². The quantitative estimate of drug-likeness (QED) is 0.773. The Morgan fingerprint density at radius 3 is 2.40 bits per heavy atom. The summed E-state index contributed by atoms with van der Waals surface area (Å²) in [6.07, 6.45) is 2.57. The van der Waals surface area contributed by atoms with E-state index in [9.17, 15) is 14.4 Å². The van der Waals surface area contributed by atoms with Crippen molar-refractivity contribution >= 4 is 17.7 Å². The van der Waals surface area contributed by atoms with Crippen LogP contribution in [-0.4, -0.2) is 34.9 Å². The molecule has 3 fully saturated rings. The van der Waals surface area contributed by atoms with Crippen molar-refractivity contribution in [2.75, 3.05) is 0 Å². The summed E-state index contributed by atoms with van der Waals surface area (Å²) in [6, 6.07) is 3.03. The van der Waals surface area contributed by atoms with Crippen molar-refractivity contribution < 1.29 is 23.5 Å². The summed E-state index contributed by atoms with van der Waals surface area (Å²) in [5.41, 5.74) is 2.32. The topological polar surface area (TPSA) is 88.9 Å². The summed E-state index contributed by atoms with van der Waals surface area (Å²) in [6.45, 7) is 0. The fourth-order valence-corrected chi connectivity index (χ4v) is 3.39. The highest BCUT2D eigenvalue weighted by atomic mass is 16.5. The molecular formula is C13H12N2O5. The van der Waals surface area contributed by atoms with E-state index >= 15 is 0 Å². The van der Waals surface area contributed by atoms with Crippen LogP contribution in [0.25, 0.3) is 0 Å². The van der Waals surface area contributed by atoms with Crippen LogP contribution in [0.15, 0.2) is 22.8 Å². The molecule has 104 valence electrons. The molecule has 4 atom stereocenters. The average molecular weight is 276 g/mol. The smallest absolute Gasteiger partial charge is 0.305 e. The number of hydrogen-bond donors (Lipinski definition) is 1. The van der Waals surface area contributed by atoms with Crippen LogP contribution in [0.2, 0.25) is 0 Å². The number of carbonyl (C=O) groups is 3. The molecule has 7 nitrogen and oxygen atoms in total. The molecular weight excluding hydrogens is 264 g/mol. The van der Waals surface area contributed by atoms with Crippen molar-refractivity contribution in [2.45, 2.75) is 25.0 Å². The Morgan fingerprint density at radius 1 is 1.20 bits per heavy atom. The lowest BCUT2D eigenvalue weighted by molar-refractivity contribution is -0.145. The van der Waals surface area contributed by atoms with Crippen LogP contribution in [0, 0.1) is 11.8 Å². The molecule has 0 aliphatic carbocycles. The third-order valence-electron chi connectivity index (χ3n) is 4.24. The van der Waals surface area contributed by atoms with Crippen LogP contribution in [-0.2, 0) is 14.3 Å². The molecule has 20 heavy (non-hydrogen) atoms. The van der Waals surface area contributed by atoms with Crippen LogP contribution in [0.3, 0.4) is 0 Å². The first-order chi connectivity index (χ1) is 9.66. The molecule has 3 aliphatic heterocycles. The second-order valence-corrected chi connectivity index (χ2v) is 5.27. The Balaban J connectivity index is 1.57. The zero-order valence-corrected chi connectivity index (χ0v) is 10.4. The van der Waals surface area contributed by atoms with Crippen molar-refractivity contribution in [1.82, 2.24) is 10.4 Å². The van der Waals surface area contributed by atoms with E-state index in [1.54, 1.807) is 6.07 Å². The first-order valence-electron chi connectivity index (χ1n) is 6.54. The van der Waals surface area contributed by atoms with E-state index in [1.165, 1.54) is 12.3 Å². The highest BCUT2D eigenvalue weighted by Gasteiger charge is 2.62. The second kappa shape index (κ2) is 3.92. The first kappa shape index (κ1) is 11.7. The lowest BCUT2D eigenvalue weighted by atomic mass is 9.81. The van der Waals surface area contributed by atoms with E-state index in [4.69, 9.17) is 9.15 Å². The zero-order valence-electron chi connectivity index (χ0n) is 10.4.